The molecule has 1 fully saturated rings. The molecule has 0 bridgehead atoms. The molecule has 4 heteroatoms. The molecule has 3 nitrogen and oxygen atoms in total. The zero-order chi connectivity index (χ0) is 11.7. The van der Waals surface area contributed by atoms with Gasteiger partial charge in [-0.15, -0.1) is 10.2 Å². The summed E-state index contributed by atoms with van der Waals surface area (Å²) in [6, 6.07) is 4.16. The summed E-state index contributed by atoms with van der Waals surface area (Å²) in [5, 5.41) is 9.37. The van der Waals surface area contributed by atoms with Crippen molar-refractivity contribution in [3.63, 3.8) is 0 Å². The number of hydrogen-bond acceptors (Lipinski definition) is 3. The highest BCUT2D eigenvalue weighted by atomic mass is 32.2. The smallest absolute Gasteiger partial charge is 0.163 e. The van der Waals surface area contributed by atoms with E-state index in [4.69, 9.17) is 0 Å². The fourth-order valence-corrected chi connectivity index (χ4v) is 3.71. The van der Waals surface area contributed by atoms with Gasteiger partial charge in [-0.25, -0.2) is 0 Å². The van der Waals surface area contributed by atoms with Crippen LogP contribution in [0.1, 0.15) is 30.7 Å². The van der Waals surface area contributed by atoms with Gasteiger partial charge in [0.25, 0.3) is 0 Å². The lowest BCUT2D eigenvalue weighted by molar-refractivity contribution is 0.645. The van der Waals surface area contributed by atoms with Gasteiger partial charge < -0.3 is 0 Å². The van der Waals surface area contributed by atoms with Crippen LogP contribution >= 0.6 is 11.8 Å². The summed E-state index contributed by atoms with van der Waals surface area (Å²) in [6.45, 7) is 2.09. The number of rotatable bonds is 2. The third kappa shape index (κ3) is 2.18. The molecule has 1 unspecified atom stereocenters. The van der Waals surface area contributed by atoms with Crippen molar-refractivity contribution in [1.29, 1.82) is 0 Å². The number of pyridine rings is 1. The van der Waals surface area contributed by atoms with E-state index in [1.807, 2.05) is 0 Å². The second-order valence-corrected chi connectivity index (χ2v) is 6.10. The van der Waals surface area contributed by atoms with Crippen molar-refractivity contribution in [2.45, 2.75) is 37.9 Å². The van der Waals surface area contributed by atoms with E-state index in [-0.39, 0.29) is 0 Å². The van der Waals surface area contributed by atoms with Crippen LogP contribution in [0.2, 0.25) is 0 Å². The Bertz CT molecular complexity index is 514. The number of thioether (sulfide) groups is 1. The minimum Gasteiger partial charge on any atom is -0.286 e. The normalized spacial score (nSPS) is 20.9. The summed E-state index contributed by atoms with van der Waals surface area (Å²) in [7, 11) is 0. The topological polar surface area (TPSA) is 30.2 Å². The van der Waals surface area contributed by atoms with Crippen LogP contribution in [0.25, 0.3) is 5.65 Å². The quantitative estimate of drug-likeness (QED) is 0.817. The molecule has 1 aliphatic rings. The van der Waals surface area contributed by atoms with E-state index < -0.39 is 0 Å². The van der Waals surface area contributed by atoms with Gasteiger partial charge in [0.2, 0.25) is 0 Å². The van der Waals surface area contributed by atoms with Gasteiger partial charge >= 0.3 is 0 Å². The van der Waals surface area contributed by atoms with Crippen molar-refractivity contribution in [1.82, 2.24) is 14.6 Å². The number of fused-ring (bicyclic) bond motifs is 1. The summed E-state index contributed by atoms with van der Waals surface area (Å²) in [6.07, 6.45) is 7.19. The second-order valence-electron chi connectivity index (χ2n) is 4.69. The van der Waals surface area contributed by atoms with E-state index in [1.54, 1.807) is 0 Å². The van der Waals surface area contributed by atoms with E-state index >= 15 is 0 Å². The molecule has 0 amide bonds. The largest absolute Gasteiger partial charge is 0.286 e. The Labute approximate surface area is 106 Å². The molecule has 0 saturated carbocycles. The molecular formula is C13H17N3S. The summed E-state index contributed by atoms with van der Waals surface area (Å²) in [5.41, 5.74) is 2.20. The average Bonchev–Trinajstić information content (AvgIpc) is 2.76. The maximum Gasteiger partial charge on any atom is 0.163 e. The molecule has 3 heterocycles. The van der Waals surface area contributed by atoms with E-state index in [9.17, 15) is 0 Å². The molecule has 0 aromatic carbocycles. The Morgan fingerprint density at radius 3 is 3.18 bits per heavy atom. The third-order valence-corrected chi connectivity index (χ3v) is 4.78. The predicted molar refractivity (Wildman–Crippen MR) is 71.5 cm³/mol. The van der Waals surface area contributed by atoms with Gasteiger partial charge in [0.1, 0.15) is 5.82 Å². The van der Waals surface area contributed by atoms with Crippen LogP contribution in [-0.2, 0) is 6.42 Å². The molecule has 3 rings (SSSR count). The first kappa shape index (κ1) is 11.1. The standard InChI is InChI=1S/C13H17N3S/c1-10-5-4-7-16-12(14-15-13(10)16)9-11-6-2-3-8-17-11/h4-5,7,11H,2-3,6,8-9H2,1H3. The maximum absolute atomic E-state index is 4.35. The number of aryl methyl sites for hydroxylation is 1. The highest BCUT2D eigenvalue weighted by molar-refractivity contribution is 7.99. The van der Waals surface area contributed by atoms with Gasteiger partial charge in [-0.1, -0.05) is 12.5 Å². The number of hydrogen-bond donors (Lipinski definition) is 0. The molecule has 17 heavy (non-hydrogen) atoms. The lowest BCUT2D eigenvalue weighted by Gasteiger charge is -2.20. The monoisotopic (exact) mass is 247 g/mol. The van der Waals surface area contributed by atoms with Crippen LogP contribution in [0.4, 0.5) is 0 Å². The van der Waals surface area contributed by atoms with Crippen LogP contribution in [0.3, 0.4) is 0 Å². The first-order chi connectivity index (χ1) is 8.34. The molecule has 0 N–H and O–H groups in total. The molecule has 2 aromatic heterocycles. The minimum absolute atomic E-state index is 0.733. The highest BCUT2D eigenvalue weighted by Crippen LogP contribution is 2.27. The van der Waals surface area contributed by atoms with Gasteiger partial charge in [-0.2, -0.15) is 11.8 Å². The average molecular weight is 247 g/mol. The zero-order valence-electron chi connectivity index (χ0n) is 10.1. The molecule has 2 aromatic rings. The number of nitrogens with zero attached hydrogens (tertiary/aromatic N) is 3. The molecule has 1 saturated heterocycles. The fourth-order valence-electron chi connectivity index (χ4n) is 2.41. The lowest BCUT2D eigenvalue weighted by atomic mass is 10.1. The Hall–Kier alpha value is -1.03. The molecular weight excluding hydrogens is 230 g/mol. The Morgan fingerprint density at radius 1 is 1.41 bits per heavy atom. The van der Waals surface area contributed by atoms with E-state index in [0.29, 0.717) is 0 Å². The van der Waals surface area contributed by atoms with Crippen molar-refractivity contribution in [3.05, 3.63) is 29.7 Å². The molecule has 0 spiro atoms. The minimum atomic E-state index is 0.733. The Morgan fingerprint density at radius 2 is 2.35 bits per heavy atom. The van der Waals surface area contributed by atoms with Crippen LogP contribution in [0, 0.1) is 6.92 Å². The molecule has 90 valence electrons. The van der Waals surface area contributed by atoms with Crippen molar-refractivity contribution < 1.29 is 0 Å². The van der Waals surface area contributed by atoms with Crippen molar-refractivity contribution >= 4 is 17.4 Å². The van der Waals surface area contributed by atoms with Crippen molar-refractivity contribution in [2.75, 3.05) is 5.75 Å². The van der Waals surface area contributed by atoms with Gasteiger partial charge in [0, 0.05) is 17.9 Å². The maximum atomic E-state index is 4.35. The van der Waals surface area contributed by atoms with Gasteiger partial charge in [-0.05, 0) is 37.1 Å². The van der Waals surface area contributed by atoms with E-state index in [2.05, 4.69) is 51.6 Å². The predicted octanol–water partition coefficient (Wildman–Crippen LogP) is 2.87. The fraction of sp³-hybridized carbons (Fsp3) is 0.538. The lowest BCUT2D eigenvalue weighted by Crippen LogP contribution is -2.14. The highest BCUT2D eigenvalue weighted by Gasteiger charge is 2.17. The molecule has 1 aliphatic heterocycles. The van der Waals surface area contributed by atoms with Gasteiger partial charge in [0.05, 0.1) is 0 Å². The van der Waals surface area contributed by atoms with Crippen LogP contribution in [0.5, 0.6) is 0 Å². The van der Waals surface area contributed by atoms with Crippen LogP contribution in [0.15, 0.2) is 18.3 Å². The Kier molecular flexibility index (Phi) is 3.05. The Balaban J connectivity index is 1.87. The first-order valence-electron chi connectivity index (χ1n) is 6.25. The van der Waals surface area contributed by atoms with Gasteiger partial charge in [-0.3, -0.25) is 4.40 Å². The summed E-state index contributed by atoms with van der Waals surface area (Å²) in [4.78, 5) is 0. The summed E-state index contributed by atoms with van der Waals surface area (Å²) in [5.74, 6) is 2.42. The molecule has 0 radical (unpaired) electrons. The van der Waals surface area contributed by atoms with Crippen LogP contribution in [-0.4, -0.2) is 25.6 Å². The third-order valence-electron chi connectivity index (χ3n) is 3.38. The van der Waals surface area contributed by atoms with Crippen molar-refractivity contribution in [2.24, 2.45) is 0 Å². The van der Waals surface area contributed by atoms with Gasteiger partial charge in [0.15, 0.2) is 5.65 Å². The van der Waals surface area contributed by atoms with E-state index in [0.717, 1.165) is 23.1 Å². The van der Waals surface area contributed by atoms with E-state index in [1.165, 1.54) is 30.6 Å². The molecule has 1 atom stereocenters. The summed E-state index contributed by atoms with van der Waals surface area (Å²) >= 11 is 2.09. The molecule has 0 aliphatic carbocycles. The van der Waals surface area contributed by atoms with Crippen molar-refractivity contribution in [3.8, 4) is 0 Å². The SMILES string of the molecule is Cc1cccn2c(CC3CCCCS3)nnc12. The number of aromatic nitrogens is 3. The first-order valence-corrected chi connectivity index (χ1v) is 7.30. The second kappa shape index (κ2) is 4.69. The van der Waals surface area contributed by atoms with Crippen LogP contribution < -0.4 is 0 Å². The summed E-state index contributed by atoms with van der Waals surface area (Å²) < 4.78 is 2.14. The zero-order valence-corrected chi connectivity index (χ0v) is 10.9.